The molecule has 0 radical (unpaired) electrons. The molecule has 0 aliphatic heterocycles. The first-order valence-electron chi connectivity index (χ1n) is 9.58. The van der Waals surface area contributed by atoms with E-state index < -0.39 is 0 Å². The van der Waals surface area contributed by atoms with Crippen molar-refractivity contribution in [2.45, 2.75) is 20.0 Å². The number of nitrogens with zero attached hydrogens (tertiary/aromatic N) is 1. The average Bonchev–Trinajstić information content (AvgIpc) is 3.08. The number of carbonyl (C=O) groups excluding carboxylic acids is 1. The number of benzene rings is 2. The third-order valence-electron chi connectivity index (χ3n) is 4.90. The zero-order chi connectivity index (χ0) is 20.1. The van der Waals surface area contributed by atoms with Crippen LogP contribution in [0.25, 0.3) is 17.0 Å². The molecule has 4 nitrogen and oxygen atoms in total. The summed E-state index contributed by atoms with van der Waals surface area (Å²) < 4.78 is 5.35. The van der Waals surface area contributed by atoms with E-state index in [0.717, 1.165) is 39.7 Å². The summed E-state index contributed by atoms with van der Waals surface area (Å²) in [6.07, 6.45) is 7.77. The summed E-state index contributed by atoms with van der Waals surface area (Å²) in [6, 6.07) is 19.7. The van der Waals surface area contributed by atoms with Gasteiger partial charge >= 0.3 is 5.97 Å². The normalized spacial score (nSPS) is 11.2. The summed E-state index contributed by atoms with van der Waals surface area (Å²) in [5.74, 6) is -0.355. The van der Waals surface area contributed by atoms with Gasteiger partial charge in [-0.3, -0.25) is 4.98 Å². The molecular weight excluding hydrogens is 360 g/mol. The highest BCUT2D eigenvalue weighted by molar-refractivity contribution is 5.96. The standard InChI is InChI=1S/C25H22N2O2/c1-18-22(15-20-9-6-14-26-16-20)25-21(10-5-11-23(25)27-18)12-13-24(28)29-17-19-7-3-2-4-8-19/h2-14,16,27H,15,17H2,1H3. The Morgan fingerprint density at radius 1 is 1.03 bits per heavy atom. The minimum atomic E-state index is -0.355. The first-order valence-corrected chi connectivity index (χ1v) is 9.58. The first kappa shape index (κ1) is 18.7. The molecule has 0 aliphatic rings. The number of esters is 1. The summed E-state index contributed by atoms with van der Waals surface area (Å²) in [6.45, 7) is 2.34. The second kappa shape index (κ2) is 8.57. The van der Waals surface area contributed by atoms with Crippen molar-refractivity contribution < 1.29 is 9.53 Å². The minimum absolute atomic E-state index is 0.268. The van der Waals surface area contributed by atoms with E-state index in [4.69, 9.17) is 4.74 Å². The summed E-state index contributed by atoms with van der Waals surface area (Å²) >= 11 is 0. The molecule has 0 saturated carbocycles. The summed E-state index contributed by atoms with van der Waals surface area (Å²) in [5, 5.41) is 1.13. The average molecular weight is 382 g/mol. The predicted octanol–water partition coefficient (Wildman–Crippen LogP) is 5.22. The van der Waals surface area contributed by atoms with E-state index in [1.54, 1.807) is 6.20 Å². The fourth-order valence-corrected chi connectivity index (χ4v) is 3.48. The number of H-pyrrole nitrogens is 1. The number of hydrogen-bond donors (Lipinski definition) is 1. The van der Waals surface area contributed by atoms with Crippen molar-refractivity contribution in [3.63, 3.8) is 0 Å². The Hall–Kier alpha value is -3.66. The van der Waals surface area contributed by atoms with Gasteiger partial charge in [-0.1, -0.05) is 48.5 Å². The Morgan fingerprint density at radius 3 is 2.66 bits per heavy atom. The van der Waals surface area contributed by atoms with Gasteiger partial charge in [0, 0.05) is 41.5 Å². The quantitative estimate of drug-likeness (QED) is 0.367. The van der Waals surface area contributed by atoms with Crippen LogP contribution in [0.2, 0.25) is 0 Å². The molecule has 0 bridgehead atoms. The highest BCUT2D eigenvalue weighted by atomic mass is 16.5. The van der Waals surface area contributed by atoms with Crippen molar-refractivity contribution in [2.75, 3.05) is 0 Å². The van der Waals surface area contributed by atoms with Crippen LogP contribution in [0.1, 0.15) is 27.9 Å². The first-order chi connectivity index (χ1) is 14.2. The number of aromatic nitrogens is 2. The van der Waals surface area contributed by atoms with Crippen LogP contribution in [-0.2, 0) is 22.6 Å². The van der Waals surface area contributed by atoms with Crippen molar-refractivity contribution in [3.05, 3.63) is 107 Å². The van der Waals surface area contributed by atoms with Crippen LogP contribution >= 0.6 is 0 Å². The highest BCUT2D eigenvalue weighted by Crippen LogP contribution is 2.28. The maximum Gasteiger partial charge on any atom is 0.331 e. The zero-order valence-electron chi connectivity index (χ0n) is 16.3. The molecule has 4 aromatic rings. The Kier molecular flexibility index (Phi) is 5.52. The molecule has 29 heavy (non-hydrogen) atoms. The number of ether oxygens (including phenoxy) is 1. The molecule has 0 saturated heterocycles. The number of aromatic amines is 1. The number of hydrogen-bond acceptors (Lipinski definition) is 3. The van der Waals surface area contributed by atoms with Gasteiger partial charge < -0.3 is 9.72 Å². The van der Waals surface area contributed by atoms with Crippen molar-refractivity contribution in [1.82, 2.24) is 9.97 Å². The van der Waals surface area contributed by atoms with Gasteiger partial charge in [0.15, 0.2) is 0 Å². The molecule has 2 aromatic heterocycles. The van der Waals surface area contributed by atoms with Gasteiger partial charge in [0.25, 0.3) is 0 Å². The van der Waals surface area contributed by atoms with Gasteiger partial charge in [-0.05, 0) is 47.4 Å². The van der Waals surface area contributed by atoms with Crippen LogP contribution in [-0.4, -0.2) is 15.9 Å². The SMILES string of the molecule is Cc1[nH]c2cccc(C=CC(=O)OCc3ccccc3)c2c1Cc1cccnc1. The topological polar surface area (TPSA) is 55.0 Å². The molecule has 4 rings (SSSR count). The van der Waals surface area contributed by atoms with Crippen molar-refractivity contribution in [3.8, 4) is 0 Å². The van der Waals surface area contributed by atoms with Crippen LogP contribution in [0.5, 0.6) is 0 Å². The lowest BCUT2D eigenvalue weighted by Crippen LogP contribution is -2.00. The maximum atomic E-state index is 12.2. The Labute approximate surface area is 169 Å². The minimum Gasteiger partial charge on any atom is -0.458 e. The van der Waals surface area contributed by atoms with E-state index in [1.165, 1.54) is 11.6 Å². The molecular formula is C25H22N2O2. The molecule has 0 aliphatic carbocycles. The number of pyridine rings is 1. The second-order valence-electron chi connectivity index (χ2n) is 6.96. The molecule has 0 amide bonds. The number of nitrogens with one attached hydrogen (secondary N) is 1. The number of aryl methyl sites for hydroxylation is 1. The Bertz CT molecular complexity index is 1150. The van der Waals surface area contributed by atoms with Gasteiger partial charge in [0.2, 0.25) is 0 Å². The number of fused-ring (bicyclic) bond motifs is 1. The van der Waals surface area contributed by atoms with E-state index in [1.807, 2.05) is 60.8 Å². The number of carbonyl (C=O) groups is 1. The maximum absolute atomic E-state index is 12.2. The molecule has 2 aromatic carbocycles. The van der Waals surface area contributed by atoms with Crippen LogP contribution < -0.4 is 0 Å². The summed E-state index contributed by atoms with van der Waals surface area (Å²) in [4.78, 5) is 19.9. The third kappa shape index (κ3) is 4.43. The van der Waals surface area contributed by atoms with E-state index >= 15 is 0 Å². The fraction of sp³-hybridized carbons (Fsp3) is 0.120. The lowest BCUT2D eigenvalue weighted by atomic mass is 9.99. The van der Waals surface area contributed by atoms with Crippen LogP contribution in [0.4, 0.5) is 0 Å². The molecule has 4 heteroatoms. The van der Waals surface area contributed by atoms with Gasteiger partial charge in [0.1, 0.15) is 6.61 Å². The smallest absolute Gasteiger partial charge is 0.331 e. The molecule has 144 valence electrons. The second-order valence-corrected chi connectivity index (χ2v) is 6.96. The predicted molar refractivity (Wildman–Crippen MR) is 115 cm³/mol. The fourth-order valence-electron chi connectivity index (χ4n) is 3.48. The summed E-state index contributed by atoms with van der Waals surface area (Å²) in [7, 11) is 0. The lowest BCUT2D eigenvalue weighted by molar-refractivity contribution is -0.138. The zero-order valence-corrected chi connectivity index (χ0v) is 16.3. The van der Waals surface area contributed by atoms with Crippen LogP contribution in [0.3, 0.4) is 0 Å². The van der Waals surface area contributed by atoms with Gasteiger partial charge in [-0.25, -0.2) is 4.79 Å². The lowest BCUT2D eigenvalue weighted by Gasteiger charge is -2.05. The van der Waals surface area contributed by atoms with Crippen molar-refractivity contribution in [1.29, 1.82) is 0 Å². The van der Waals surface area contributed by atoms with E-state index in [-0.39, 0.29) is 12.6 Å². The molecule has 0 atom stereocenters. The number of rotatable bonds is 6. The highest BCUT2D eigenvalue weighted by Gasteiger charge is 2.12. The molecule has 1 N–H and O–H groups in total. The molecule has 2 heterocycles. The Balaban J connectivity index is 1.57. The molecule has 0 unspecified atom stereocenters. The van der Waals surface area contributed by atoms with Crippen LogP contribution in [0.15, 0.2) is 79.1 Å². The Morgan fingerprint density at radius 2 is 1.86 bits per heavy atom. The van der Waals surface area contributed by atoms with Gasteiger partial charge in [-0.2, -0.15) is 0 Å². The molecule has 0 fully saturated rings. The van der Waals surface area contributed by atoms with Crippen molar-refractivity contribution in [2.24, 2.45) is 0 Å². The van der Waals surface area contributed by atoms with Crippen molar-refractivity contribution >= 4 is 22.9 Å². The van der Waals surface area contributed by atoms with E-state index in [0.29, 0.717) is 0 Å². The summed E-state index contributed by atoms with van der Waals surface area (Å²) in [5.41, 5.74) is 6.50. The molecule has 0 spiro atoms. The third-order valence-corrected chi connectivity index (χ3v) is 4.90. The van der Waals surface area contributed by atoms with Crippen LogP contribution in [0, 0.1) is 6.92 Å². The van der Waals surface area contributed by atoms with Gasteiger partial charge in [-0.15, -0.1) is 0 Å². The largest absolute Gasteiger partial charge is 0.458 e. The van der Waals surface area contributed by atoms with Gasteiger partial charge in [0.05, 0.1) is 0 Å². The van der Waals surface area contributed by atoms with E-state index in [2.05, 4.69) is 29.0 Å². The monoisotopic (exact) mass is 382 g/mol. The van der Waals surface area contributed by atoms with E-state index in [9.17, 15) is 4.79 Å².